The number of likely N-dealkylation sites (tertiary alicyclic amines) is 1. The van der Waals surface area contributed by atoms with Gasteiger partial charge in [0, 0.05) is 51.7 Å². The van der Waals surface area contributed by atoms with Gasteiger partial charge in [0.05, 0.1) is 12.7 Å². The van der Waals surface area contributed by atoms with Gasteiger partial charge >= 0.3 is 0 Å². The van der Waals surface area contributed by atoms with E-state index >= 15 is 0 Å². The Kier molecular flexibility index (Phi) is 6.02. The second kappa shape index (κ2) is 8.84. The normalized spacial score (nSPS) is 21.0. The first-order valence-electron chi connectivity index (χ1n) is 10.4. The number of piperazine rings is 1. The van der Waals surface area contributed by atoms with Crippen molar-refractivity contribution in [1.29, 1.82) is 0 Å². The van der Waals surface area contributed by atoms with Crippen molar-refractivity contribution in [1.82, 2.24) is 30.1 Å². The van der Waals surface area contributed by atoms with E-state index in [2.05, 4.69) is 51.7 Å². The Morgan fingerprint density at radius 3 is 2.82 bits per heavy atom. The first-order valence-corrected chi connectivity index (χ1v) is 10.4. The maximum absolute atomic E-state index is 13.0. The van der Waals surface area contributed by atoms with E-state index in [-0.39, 0.29) is 5.91 Å². The van der Waals surface area contributed by atoms with Gasteiger partial charge in [-0.3, -0.25) is 14.4 Å². The zero-order chi connectivity index (χ0) is 19.3. The third-order valence-corrected chi connectivity index (χ3v) is 5.95. The molecule has 1 atom stereocenters. The number of carbonyl (C=O) groups is 1. The number of nitrogens with one attached hydrogen (secondary N) is 1. The Balaban J connectivity index is 1.36. The van der Waals surface area contributed by atoms with Gasteiger partial charge in [-0.25, -0.2) is 0 Å². The molecule has 1 amide bonds. The molecule has 4 rings (SSSR count). The first-order chi connectivity index (χ1) is 13.7. The van der Waals surface area contributed by atoms with Crippen molar-refractivity contribution < 1.29 is 4.79 Å². The van der Waals surface area contributed by atoms with E-state index in [0.29, 0.717) is 11.6 Å². The van der Waals surface area contributed by atoms with Gasteiger partial charge in [0.2, 0.25) is 0 Å². The van der Waals surface area contributed by atoms with Crippen LogP contribution in [0.15, 0.2) is 30.5 Å². The lowest BCUT2D eigenvalue weighted by atomic mass is 9.88. The summed E-state index contributed by atoms with van der Waals surface area (Å²) in [5.41, 5.74) is 3.13. The van der Waals surface area contributed by atoms with Crippen LogP contribution in [-0.4, -0.2) is 76.5 Å². The molecule has 7 nitrogen and oxygen atoms in total. The van der Waals surface area contributed by atoms with Crippen LogP contribution in [-0.2, 0) is 6.54 Å². The van der Waals surface area contributed by atoms with Crippen LogP contribution < -0.4 is 5.32 Å². The molecule has 2 aromatic rings. The predicted molar refractivity (Wildman–Crippen MR) is 108 cm³/mol. The maximum atomic E-state index is 13.0. The number of hydrogen-bond acceptors (Lipinski definition) is 5. The molecule has 28 heavy (non-hydrogen) atoms. The first kappa shape index (κ1) is 19.1. The van der Waals surface area contributed by atoms with Crippen LogP contribution in [0.3, 0.4) is 0 Å². The molecule has 0 saturated carbocycles. The molecular weight excluding hydrogens is 352 g/mol. The number of hydrogen-bond donors (Lipinski definition) is 1. The van der Waals surface area contributed by atoms with Crippen LogP contribution in [0, 0.1) is 6.92 Å². The van der Waals surface area contributed by atoms with Crippen molar-refractivity contribution in [3.05, 3.63) is 47.3 Å². The molecule has 0 spiro atoms. The van der Waals surface area contributed by atoms with Gasteiger partial charge in [-0.1, -0.05) is 29.5 Å². The molecule has 1 aromatic heterocycles. The minimum absolute atomic E-state index is 0.00621. The lowest BCUT2D eigenvalue weighted by Crippen LogP contribution is -2.44. The number of piperidine rings is 1. The molecule has 2 saturated heterocycles. The van der Waals surface area contributed by atoms with Gasteiger partial charge < -0.3 is 10.2 Å². The van der Waals surface area contributed by atoms with Crippen molar-refractivity contribution in [3.8, 4) is 0 Å². The highest BCUT2D eigenvalue weighted by molar-refractivity contribution is 5.92. The zero-order valence-electron chi connectivity index (χ0n) is 16.7. The fourth-order valence-corrected chi connectivity index (χ4v) is 4.31. The van der Waals surface area contributed by atoms with Crippen molar-refractivity contribution >= 4 is 5.91 Å². The van der Waals surface area contributed by atoms with Gasteiger partial charge in [-0.15, -0.1) is 5.10 Å². The minimum atomic E-state index is 0.00621. The Bertz CT molecular complexity index is 798. The topological polar surface area (TPSA) is 66.3 Å². The highest BCUT2D eigenvalue weighted by Gasteiger charge is 2.27. The van der Waals surface area contributed by atoms with Gasteiger partial charge in [0.15, 0.2) is 5.69 Å². The lowest BCUT2D eigenvalue weighted by molar-refractivity contribution is 0.0700. The van der Waals surface area contributed by atoms with Crippen LogP contribution in [0.2, 0.25) is 0 Å². The molecule has 3 heterocycles. The smallest absolute Gasteiger partial charge is 0.276 e. The molecule has 7 heteroatoms. The molecular formula is C21H30N6O. The highest BCUT2D eigenvalue weighted by atomic mass is 16.2. The average molecular weight is 383 g/mol. The fraction of sp³-hybridized carbons (Fsp3) is 0.571. The van der Waals surface area contributed by atoms with Crippen LogP contribution in [0.4, 0.5) is 0 Å². The summed E-state index contributed by atoms with van der Waals surface area (Å²) in [5, 5.41) is 11.7. The van der Waals surface area contributed by atoms with E-state index < -0.39 is 0 Å². The van der Waals surface area contributed by atoms with Crippen LogP contribution in [0.5, 0.6) is 0 Å². The maximum Gasteiger partial charge on any atom is 0.276 e. The summed E-state index contributed by atoms with van der Waals surface area (Å²) in [6, 6.07) is 8.51. The fourth-order valence-electron chi connectivity index (χ4n) is 4.31. The standard InChI is InChI=1S/C21H30N6O/c1-17-5-2-3-7-19(17)18-6-4-10-26(15-18)21(28)20-16-27(24-23-20)14-13-25-11-8-22-9-12-25/h2-3,5,7,16,18,22H,4,6,8-15H2,1H3. The van der Waals surface area contributed by atoms with Gasteiger partial charge in [0.25, 0.3) is 5.91 Å². The summed E-state index contributed by atoms with van der Waals surface area (Å²) in [6.45, 7) is 9.63. The molecule has 2 aliphatic heterocycles. The highest BCUT2D eigenvalue weighted by Crippen LogP contribution is 2.29. The van der Waals surface area contributed by atoms with E-state index in [0.717, 1.165) is 65.2 Å². The van der Waals surface area contributed by atoms with Crippen LogP contribution in [0.1, 0.15) is 40.4 Å². The average Bonchev–Trinajstić information content (AvgIpc) is 3.22. The molecule has 0 bridgehead atoms. The number of rotatable bonds is 5. The Morgan fingerprint density at radius 2 is 2.00 bits per heavy atom. The second-order valence-corrected chi connectivity index (χ2v) is 7.91. The minimum Gasteiger partial charge on any atom is -0.337 e. The summed E-state index contributed by atoms with van der Waals surface area (Å²) in [4.78, 5) is 17.3. The number of aryl methyl sites for hydroxylation is 1. The zero-order valence-corrected chi connectivity index (χ0v) is 16.7. The molecule has 150 valence electrons. The van der Waals surface area contributed by atoms with Crippen molar-refractivity contribution in [3.63, 3.8) is 0 Å². The Morgan fingerprint density at radius 1 is 1.18 bits per heavy atom. The molecule has 1 N–H and O–H groups in total. The van der Waals surface area contributed by atoms with E-state index in [1.165, 1.54) is 11.1 Å². The third kappa shape index (κ3) is 4.42. The summed E-state index contributed by atoms with van der Waals surface area (Å²) >= 11 is 0. The van der Waals surface area contributed by atoms with Gasteiger partial charge in [-0.2, -0.15) is 0 Å². The summed E-state index contributed by atoms with van der Waals surface area (Å²) in [7, 11) is 0. The number of benzene rings is 1. The van der Waals surface area contributed by atoms with Crippen LogP contribution in [0.25, 0.3) is 0 Å². The number of carbonyl (C=O) groups excluding carboxylic acids is 1. The molecule has 1 aromatic carbocycles. The summed E-state index contributed by atoms with van der Waals surface area (Å²) in [5.74, 6) is 0.411. The summed E-state index contributed by atoms with van der Waals surface area (Å²) in [6.07, 6.45) is 3.97. The quantitative estimate of drug-likeness (QED) is 0.849. The lowest BCUT2D eigenvalue weighted by Gasteiger charge is -2.33. The van der Waals surface area contributed by atoms with Crippen molar-refractivity contribution in [2.24, 2.45) is 0 Å². The molecule has 1 unspecified atom stereocenters. The second-order valence-electron chi connectivity index (χ2n) is 7.91. The third-order valence-electron chi connectivity index (χ3n) is 5.95. The SMILES string of the molecule is Cc1ccccc1C1CCCN(C(=O)c2cn(CCN3CCNCC3)nn2)C1. The van der Waals surface area contributed by atoms with Crippen molar-refractivity contribution in [2.45, 2.75) is 32.2 Å². The molecule has 0 aliphatic carbocycles. The van der Waals surface area contributed by atoms with E-state index in [1.54, 1.807) is 4.68 Å². The van der Waals surface area contributed by atoms with Crippen LogP contribution >= 0.6 is 0 Å². The number of nitrogens with zero attached hydrogens (tertiary/aromatic N) is 5. The predicted octanol–water partition coefficient (Wildman–Crippen LogP) is 1.51. The number of aromatic nitrogens is 3. The molecule has 2 aliphatic rings. The van der Waals surface area contributed by atoms with E-state index in [1.807, 2.05) is 11.1 Å². The Labute approximate surface area is 166 Å². The monoisotopic (exact) mass is 382 g/mol. The Hall–Kier alpha value is -2.25. The van der Waals surface area contributed by atoms with E-state index in [9.17, 15) is 4.79 Å². The van der Waals surface area contributed by atoms with Crippen molar-refractivity contribution in [2.75, 3.05) is 45.8 Å². The molecule has 0 radical (unpaired) electrons. The number of amides is 1. The van der Waals surface area contributed by atoms with Gasteiger partial charge in [-0.05, 0) is 30.9 Å². The van der Waals surface area contributed by atoms with Gasteiger partial charge in [0.1, 0.15) is 0 Å². The largest absolute Gasteiger partial charge is 0.337 e. The van der Waals surface area contributed by atoms with E-state index in [4.69, 9.17) is 0 Å². The molecule has 2 fully saturated rings. The summed E-state index contributed by atoms with van der Waals surface area (Å²) < 4.78 is 1.80.